The van der Waals surface area contributed by atoms with Crippen LogP contribution in [0.5, 0.6) is 0 Å². The van der Waals surface area contributed by atoms with Gasteiger partial charge in [-0.15, -0.1) is 0 Å². The summed E-state index contributed by atoms with van der Waals surface area (Å²) in [5.74, 6) is 0.582. The van der Waals surface area contributed by atoms with Crippen molar-refractivity contribution in [1.29, 1.82) is 0 Å². The lowest BCUT2D eigenvalue weighted by molar-refractivity contribution is 0.426. The van der Waals surface area contributed by atoms with Crippen molar-refractivity contribution in [3.63, 3.8) is 0 Å². The van der Waals surface area contributed by atoms with Crippen LogP contribution in [-0.2, 0) is 0 Å². The van der Waals surface area contributed by atoms with E-state index in [0.717, 1.165) is 19.3 Å². The maximum atomic E-state index is 5.86. The smallest absolute Gasteiger partial charge is 0.00624 e. The summed E-state index contributed by atoms with van der Waals surface area (Å²) in [6, 6.07) is 0.674. The Morgan fingerprint density at radius 1 is 1.09 bits per heavy atom. The molecule has 0 aromatic heterocycles. The zero-order chi connectivity index (χ0) is 8.85. The van der Waals surface area contributed by atoms with E-state index in [1.807, 2.05) is 0 Å². The molecule has 68 valence electrons. The molecule has 0 amide bonds. The third kappa shape index (κ3) is 5.22. The Hall–Kier alpha value is -0.0800. The van der Waals surface area contributed by atoms with Crippen LogP contribution in [0.4, 0.5) is 0 Å². The summed E-state index contributed by atoms with van der Waals surface area (Å²) in [4.78, 5) is 0. The van der Waals surface area contributed by atoms with Crippen LogP contribution < -0.4 is 11.5 Å². The Labute approximate surface area is 70.3 Å². The minimum absolute atomic E-state index is 0.326. The molecular weight excluding hydrogens is 136 g/mol. The maximum absolute atomic E-state index is 5.86. The third-order valence-corrected chi connectivity index (χ3v) is 2.25. The van der Waals surface area contributed by atoms with Crippen LogP contribution in [0.25, 0.3) is 0 Å². The van der Waals surface area contributed by atoms with Crippen LogP contribution >= 0.6 is 0 Å². The summed E-state index contributed by atoms with van der Waals surface area (Å²) < 4.78 is 0. The highest BCUT2D eigenvalue weighted by Crippen LogP contribution is 2.07. The molecule has 4 N–H and O–H groups in total. The Morgan fingerprint density at radius 2 is 1.64 bits per heavy atom. The minimum atomic E-state index is 0.326. The first kappa shape index (κ1) is 10.9. The van der Waals surface area contributed by atoms with E-state index in [0.29, 0.717) is 18.0 Å². The van der Waals surface area contributed by atoms with E-state index in [1.165, 1.54) is 0 Å². The summed E-state index contributed by atoms with van der Waals surface area (Å²) in [6.07, 6.45) is 3.19. The summed E-state index contributed by atoms with van der Waals surface area (Å²) >= 11 is 0. The van der Waals surface area contributed by atoms with Crippen molar-refractivity contribution >= 4 is 0 Å². The van der Waals surface area contributed by atoms with Gasteiger partial charge in [-0.3, -0.25) is 0 Å². The predicted molar refractivity (Wildman–Crippen MR) is 50.3 cm³/mol. The highest BCUT2D eigenvalue weighted by Gasteiger charge is 2.08. The Bertz CT molecular complexity index is 91.6. The Kier molecular flexibility index (Phi) is 5.51. The summed E-state index contributed by atoms with van der Waals surface area (Å²) in [6.45, 7) is 6.43. The Balaban J connectivity index is 3.37. The predicted octanol–water partition coefficient (Wildman–Crippen LogP) is 1.49. The molecule has 0 aliphatic heterocycles. The molecule has 0 aromatic rings. The van der Waals surface area contributed by atoms with Crippen LogP contribution in [0.1, 0.15) is 40.0 Å². The maximum Gasteiger partial charge on any atom is 0.00624 e. The molecule has 0 saturated carbocycles. The molecule has 1 unspecified atom stereocenters. The normalized spacial score (nSPS) is 16.9. The zero-order valence-electron chi connectivity index (χ0n) is 8.01. The summed E-state index contributed by atoms with van der Waals surface area (Å²) in [5, 5.41) is 0. The molecule has 0 aromatic carbocycles. The van der Waals surface area contributed by atoms with Gasteiger partial charge < -0.3 is 11.5 Å². The van der Waals surface area contributed by atoms with Gasteiger partial charge in [0.05, 0.1) is 0 Å². The van der Waals surface area contributed by atoms with Gasteiger partial charge in [0, 0.05) is 12.1 Å². The highest BCUT2D eigenvalue weighted by atomic mass is 14.7. The third-order valence-electron chi connectivity index (χ3n) is 2.25. The van der Waals surface area contributed by atoms with E-state index in [1.54, 1.807) is 0 Å². The van der Waals surface area contributed by atoms with Crippen molar-refractivity contribution in [2.75, 3.05) is 0 Å². The van der Waals surface area contributed by atoms with E-state index in [4.69, 9.17) is 11.5 Å². The molecule has 0 aliphatic rings. The van der Waals surface area contributed by atoms with Crippen molar-refractivity contribution in [2.24, 2.45) is 17.4 Å². The lowest BCUT2D eigenvalue weighted by Crippen LogP contribution is -2.29. The average Bonchev–Trinajstić information content (AvgIpc) is 1.99. The van der Waals surface area contributed by atoms with E-state index in [2.05, 4.69) is 20.8 Å². The lowest BCUT2D eigenvalue weighted by atomic mass is 9.97. The first-order valence-electron chi connectivity index (χ1n) is 4.59. The monoisotopic (exact) mass is 158 g/mol. The van der Waals surface area contributed by atoms with Gasteiger partial charge >= 0.3 is 0 Å². The van der Waals surface area contributed by atoms with Gasteiger partial charge in [-0.2, -0.15) is 0 Å². The van der Waals surface area contributed by atoms with Crippen molar-refractivity contribution in [2.45, 2.75) is 52.1 Å². The molecule has 2 nitrogen and oxygen atoms in total. The quantitative estimate of drug-likeness (QED) is 0.637. The van der Waals surface area contributed by atoms with Crippen LogP contribution in [0.15, 0.2) is 0 Å². The standard InChI is InChI=1S/C9H22N2/c1-4-8(10)5-6-9(11)7(2)3/h7-9H,4-6,10-11H2,1-3H3/t8-,9?/m1/s1. The second kappa shape index (κ2) is 5.56. The molecular formula is C9H22N2. The molecule has 2 heteroatoms. The van der Waals surface area contributed by atoms with Crippen molar-refractivity contribution in [1.82, 2.24) is 0 Å². The molecule has 0 heterocycles. The largest absolute Gasteiger partial charge is 0.328 e. The van der Waals surface area contributed by atoms with Crippen molar-refractivity contribution in [3.8, 4) is 0 Å². The molecule has 2 atom stereocenters. The lowest BCUT2D eigenvalue weighted by Gasteiger charge is -2.17. The molecule has 11 heavy (non-hydrogen) atoms. The Morgan fingerprint density at radius 3 is 2.00 bits per heavy atom. The minimum Gasteiger partial charge on any atom is -0.328 e. The summed E-state index contributed by atoms with van der Waals surface area (Å²) in [5.41, 5.74) is 11.6. The van der Waals surface area contributed by atoms with E-state index in [-0.39, 0.29) is 0 Å². The first-order chi connectivity index (χ1) is 5.07. The number of rotatable bonds is 5. The first-order valence-corrected chi connectivity index (χ1v) is 4.59. The van der Waals surface area contributed by atoms with Gasteiger partial charge in [0.1, 0.15) is 0 Å². The molecule has 0 spiro atoms. The van der Waals surface area contributed by atoms with Crippen LogP contribution in [0, 0.1) is 5.92 Å². The number of hydrogen-bond donors (Lipinski definition) is 2. The zero-order valence-corrected chi connectivity index (χ0v) is 8.01. The second-order valence-corrected chi connectivity index (χ2v) is 3.65. The molecule has 0 aliphatic carbocycles. The fraction of sp³-hybridized carbons (Fsp3) is 1.00. The molecule has 0 bridgehead atoms. The van der Waals surface area contributed by atoms with Gasteiger partial charge in [0.15, 0.2) is 0 Å². The molecule has 0 radical (unpaired) electrons. The van der Waals surface area contributed by atoms with Crippen LogP contribution in [0.3, 0.4) is 0 Å². The van der Waals surface area contributed by atoms with E-state index < -0.39 is 0 Å². The molecule has 0 rings (SSSR count). The fourth-order valence-electron chi connectivity index (χ4n) is 0.944. The van der Waals surface area contributed by atoms with Crippen LogP contribution in [0.2, 0.25) is 0 Å². The molecule has 0 saturated heterocycles. The highest BCUT2D eigenvalue weighted by molar-refractivity contribution is 4.68. The SMILES string of the molecule is CC[C@@H](N)CCC(N)C(C)C. The number of hydrogen-bond acceptors (Lipinski definition) is 2. The van der Waals surface area contributed by atoms with Gasteiger partial charge in [-0.05, 0) is 25.2 Å². The topological polar surface area (TPSA) is 52.0 Å². The van der Waals surface area contributed by atoms with Crippen molar-refractivity contribution < 1.29 is 0 Å². The fourth-order valence-corrected chi connectivity index (χ4v) is 0.944. The van der Waals surface area contributed by atoms with Gasteiger partial charge in [0.25, 0.3) is 0 Å². The molecule has 0 fully saturated rings. The number of nitrogens with two attached hydrogens (primary N) is 2. The average molecular weight is 158 g/mol. The van der Waals surface area contributed by atoms with E-state index >= 15 is 0 Å². The van der Waals surface area contributed by atoms with Crippen molar-refractivity contribution in [3.05, 3.63) is 0 Å². The van der Waals surface area contributed by atoms with Gasteiger partial charge in [0.2, 0.25) is 0 Å². The summed E-state index contributed by atoms with van der Waals surface area (Å²) in [7, 11) is 0. The second-order valence-electron chi connectivity index (χ2n) is 3.65. The van der Waals surface area contributed by atoms with Gasteiger partial charge in [-0.25, -0.2) is 0 Å². The van der Waals surface area contributed by atoms with Crippen LogP contribution in [-0.4, -0.2) is 12.1 Å². The van der Waals surface area contributed by atoms with Gasteiger partial charge in [-0.1, -0.05) is 20.8 Å². The van der Waals surface area contributed by atoms with E-state index in [9.17, 15) is 0 Å².